The molecule has 0 spiro atoms. The van der Waals surface area contributed by atoms with Crippen LogP contribution in [0.2, 0.25) is 0 Å². The Kier molecular flexibility index (Phi) is 4.74. The Hall–Kier alpha value is -2.08. The first-order valence-electron chi connectivity index (χ1n) is 5.86. The molecule has 100 valence electrons. The fraction of sp³-hybridized carbons (Fsp3) is 0.231. The van der Waals surface area contributed by atoms with E-state index in [-0.39, 0.29) is 5.91 Å². The van der Waals surface area contributed by atoms with Crippen LogP contribution in [0.1, 0.15) is 12.1 Å². The smallest absolute Gasteiger partial charge is 0.223 e. The van der Waals surface area contributed by atoms with E-state index in [0.29, 0.717) is 31.0 Å². The summed E-state index contributed by atoms with van der Waals surface area (Å²) in [6.45, 7) is 0.785. The first-order chi connectivity index (χ1) is 9.24. The molecule has 0 saturated heterocycles. The highest BCUT2D eigenvalue weighted by atomic mass is 32.1. The summed E-state index contributed by atoms with van der Waals surface area (Å²) in [6.07, 6.45) is 0.305. The van der Waals surface area contributed by atoms with E-state index < -0.39 is 0 Å². The molecule has 2 rings (SSSR count). The van der Waals surface area contributed by atoms with Crippen LogP contribution >= 0.6 is 11.3 Å². The van der Waals surface area contributed by atoms with Crippen molar-refractivity contribution < 1.29 is 9.53 Å². The van der Waals surface area contributed by atoms with Gasteiger partial charge in [0.2, 0.25) is 5.91 Å². The summed E-state index contributed by atoms with van der Waals surface area (Å²) < 4.78 is 5.44. The number of nitrogens with two attached hydrogens (primary N) is 1. The molecule has 0 aliphatic heterocycles. The molecule has 0 unspecified atom stereocenters. The van der Waals surface area contributed by atoms with Crippen LogP contribution in [-0.4, -0.2) is 17.5 Å². The zero-order valence-electron chi connectivity index (χ0n) is 10.3. The van der Waals surface area contributed by atoms with Gasteiger partial charge in [-0.1, -0.05) is 6.07 Å². The number of aromatic nitrogens is 1. The molecule has 0 aliphatic rings. The van der Waals surface area contributed by atoms with E-state index in [1.807, 2.05) is 17.5 Å². The van der Waals surface area contributed by atoms with Gasteiger partial charge in [-0.05, 0) is 12.1 Å². The molecule has 0 bridgehead atoms. The average molecular weight is 277 g/mol. The number of amides is 1. The number of hydrogen-bond donors (Lipinski definition) is 2. The first kappa shape index (κ1) is 13.4. The van der Waals surface area contributed by atoms with Gasteiger partial charge < -0.3 is 15.8 Å². The summed E-state index contributed by atoms with van der Waals surface area (Å²) in [5.74, 6) is 0.615. The zero-order chi connectivity index (χ0) is 13.5. The molecule has 0 saturated carbocycles. The fourth-order valence-corrected chi connectivity index (χ4v) is 2.03. The molecule has 5 nitrogen and oxygen atoms in total. The molecule has 0 aliphatic carbocycles. The van der Waals surface area contributed by atoms with Crippen LogP contribution in [0, 0.1) is 0 Å². The molecule has 0 atom stereocenters. The highest BCUT2D eigenvalue weighted by molar-refractivity contribution is 7.07. The Balaban J connectivity index is 1.66. The van der Waals surface area contributed by atoms with Gasteiger partial charge in [0.1, 0.15) is 5.75 Å². The van der Waals surface area contributed by atoms with Crippen molar-refractivity contribution in [3.8, 4) is 5.75 Å². The largest absolute Gasteiger partial charge is 0.493 e. The van der Waals surface area contributed by atoms with E-state index in [4.69, 9.17) is 10.5 Å². The van der Waals surface area contributed by atoms with Crippen molar-refractivity contribution in [1.82, 2.24) is 10.3 Å². The minimum Gasteiger partial charge on any atom is -0.493 e. The van der Waals surface area contributed by atoms with Gasteiger partial charge in [-0.2, -0.15) is 0 Å². The topological polar surface area (TPSA) is 77.2 Å². The molecule has 1 aromatic carbocycles. The Morgan fingerprint density at radius 2 is 2.37 bits per heavy atom. The lowest BCUT2D eigenvalue weighted by Crippen LogP contribution is -2.24. The standard InChI is InChI=1S/C13H15N3O2S/c14-10-2-1-3-12(6-10)18-5-4-13(17)15-7-11-8-19-9-16-11/h1-3,6,8-9H,4-5,7,14H2,(H,15,17). The number of carbonyl (C=O) groups excluding carboxylic acids is 1. The number of anilines is 1. The summed E-state index contributed by atoms with van der Waals surface area (Å²) in [5, 5.41) is 4.69. The van der Waals surface area contributed by atoms with Gasteiger partial charge in [-0.15, -0.1) is 11.3 Å². The minimum atomic E-state index is -0.0584. The van der Waals surface area contributed by atoms with Gasteiger partial charge in [-0.3, -0.25) is 4.79 Å². The van der Waals surface area contributed by atoms with Crippen molar-refractivity contribution in [2.24, 2.45) is 0 Å². The van der Waals surface area contributed by atoms with Crippen LogP contribution in [0.25, 0.3) is 0 Å². The quantitative estimate of drug-likeness (QED) is 0.789. The number of hydrogen-bond acceptors (Lipinski definition) is 5. The van der Waals surface area contributed by atoms with E-state index in [0.717, 1.165) is 5.69 Å². The molecular formula is C13H15N3O2S. The van der Waals surface area contributed by atoms with E-state index in [1.165, 1.54) is 11.3 Å². The number of nitrogens with one attached hydrogen (secondary N) is 1. The van der Waals surface area contributed by atoms with Crippen molar-refractivity contribution >= 4 is 22.9 Å². The third-order valence-electron chi connectivity index (χ3n) is 2.41. The van der Waals surface area contributed by atoms with Crippen molar-refractivity contribution in [1.29, 1.82) is 0 Å². The maximum Gasteiger partial charge on any atom is 0.223 e. The zero-order valence-corrected chi connectivity index (χ0v) is 11.2. The van der Waals surface area contributed by atoms with Crippen LogP contribution in [0.15, 0.2) is 35.2 Å². The molecule has 19 heavy (non-hydrogen) atoms. The number of nitrogens with zero attached hydrogens (tertiary/aromatic N) is 1. The lowest BCUT2D eigenvalue weighted by molar-refractivity contribution is -0.121. The predicted molar refractivity (Wildman–Crippen MR) is 74.9 cm³/mol. The highest BCUT2D eigenvalue weighted by Gasteiger charge is 2.03. The normalized spacial score (nSPS) is 10.1. The molecule has 3 N–H and O–H groups in total. The number of carbonyl (C=O) groups is 1. The summed E-state index contributed by atoms with van der Waals surface area (Å²) in [6, 6.07) is 7.14. The van der Waals surface area contributed by atoms with Gasteiger partial charge in [0.15, 0.2) is 0 Å². The van der Waals surface area contributed by atoms with Crippen molar-refractivity contribution in [3.05, 3.63) is 40.8 Å². The van der Waals surface area contributed by atoms with E-state index in [9.17, 15) is 4.79 Å². The summed E-state index contributed by atoms with van der Waals surface area (Å²) >= 11 is 1.51. The Morgan fingerprint density at radius 1 is 1.47 bits per heavy atom. The summed E-state index contributed by atoms with van der Waals surface area (Å²) in [5.41, 5.74) is 8.88. The van der Waals surface area contributed by atoms with E-state index in [2.05, 4.69) is 10.3 Å². The fourth-order valence-electron chi connectivity index (χ4n) is 1.47. The Morgan fingerprint density at radius 3 is 3.11 bits per heavy atom. The van der Waals surface area contributed by atoms with E-state index >= 15 is 0 Å². The van der Waals surface area contributed by atoms with Crippen molar-refractivity contribution in [3.63, 3.8) is 0 Å². The molecule has 1 heterocycles. The molecule has 1 amide bonds. The second-order valence-electron chi connectivity index (χ2n) is 3.93. The summed E-state index contributed by atoms with van der Waals surface area (Å²) in [4.78, 5) is 15.6. The molecule has 0 radical (unpaired) electrons. The van der Waals surface area contributed by atoms with Crippen LogP contribution in [0.4, 0.5) is 5.69 Å². The lowest BCUT2D eigenvalue weighted by atomic mass is 10.3. The Labute approximate surface area is 115 Å². The number of ether oxygens (including phenoxy) is 1. The number of rotatable bonds is 6. The number of benzene rings is 1. The second-order valence-corrected chi connectivity index (χ2v) is 4.65. The average Bonchev–Trinajstić information content (AvgIpc) is 2.89. The Bertz CT molecular complexity index is 528. The number of thiazole rings is 1. The van der Waals surface area contributed by atoms with Gasteiger partial charge >= 0.3 is 0 Å². The van der Waals surface area contributed by atoms with Crippen molar-refractivity contribution in [2.75, 3.05) is 12.3 Å². The van der Waals surface area contributed by atoms with Crippen LogP contribution < -0.4 is 15.8 Å². The number of nitrogen functional groups attached to an aromatic ring is 1. The van der Waals surface area contributed by atoms with Gasteiger partial charge in [-0.25, -0.2) is 4.98 Å². The highest BCUT2D eigenvalue weighted by Crippen LogP contribution is 2.14. The van der Waals surface area contributed by atoms with Gasteiger partial charge in [0, 0.05) is 17.1 Å². The van der Waals surface area contributed by atoms with Gasteiger partial charge in [0.25, 0.3) is 0 Å². The third kappa shape index (κ3) is 4.59. The molecule has 0 fully saturated rings. The first-order valence-corrected chi connectivity index (χ1v) is 6.80. The summed E-state index contributed by atoms with van der Waals surface area (Å²) in [7, 11) is 0. The minimum absolute atomic E-state index is 0.0584. The molecule has 1 aromatic heterocycles. The maximum absolute atomic E-state index is 11.6. The predicted octanol–water partition coefficient (Wildman–Crippen LogP) is 1.81. The lowest BCUT2D eigenvalue weighted by Gasteiger charge is -2.07. The molecule has 6 heteroatoms. The van der Waals surface area contributed by atoms with E-state index in [1.54, 1.807) is 17.6 Å². The van der Waals surface area contributed by atoms with Gasteiger partial charge in [0.05, 0.1) is 30.8 Å². The van der Waals surface area contributed by atoms with Crippen LogP contribution in [-0.2, 0) is 11.3 Å². The molecule has 2 aromatic rings. The second kappa shape index (κ2) is 6.75. The van der Waals surface area contributed by atoms with Crippen molar-refractivity contribution in [2.45, 2.75) is 13.0 Å². The van der Waals surface area contributed by atoms with Crippen LogP contribution in [0.3, 0.4) is 0 Å². The maximum atomic E-state index is 11.6. The van der Waals surface area contributed by atoms with Crippen LogP contribution in [0.5, 0.6) is 5.75 Å². The third-order valence-corrected chi connectivity index (χ3v) is 3.04. The SMILES string of the molecule is Nc1cccc(OCCC(=O)NCc2cscn2)c1. The monoisotopic (exact) mass is 277 g/mol. The molecular weight excluding hydrogens is 262 g/mol.